The highest BCUT2D eigenvalue weighted by Gasteiger charge is 2.27. The van der Waals surface area contributed by atoms with Crippen LogP contribution in [0.1, 0.15) is 40.5 Å². The molecule has 1 N–H and O–H groups in total. The zero-order valence-corrected chi connectivity index (χ0v) is 19.8. The highest BCUT2D eigenvalue weighted by molar-refractivity contribution is 7.71. The minimum atomic E-state index is 0.0910. The molecule has 1 fully saturated rings. The molecule has 3 rings (SSSR count). The maximum Gasteiger partial charge on any atom is 0.223 e. The van der Waals surface area contributed by atoms with E-state index in [9.17, 15) is 4.79 Å². The summed E-state index contributed by atoms with van der Waals surface area (Å²) in [6.07, 6.45) is 1.73. The Balaban J connectivity index is 1.65. The fourth-order valence-corrected chi connectivity index (χ4v) is 4.11. The van der Waals surface area contributed by atoms with Crippen molar-refractivity contribution in [2.24, 2.45) is 11.8 Å². The second-order valence-corrected chi connectivity index (χ2v) is 9.23. The van der Waals surface area contributed by atoms with E-state index in [0.29, 0.717) is 22.4 Å². The van der Waals surface area contributed by atoms with E-state index < -0.39 is 0 Å². The summed E-state index contributed by atoms with van der Waals surface area (Å²) in [5.74, 6) is 1.58. The van der Waals surface area contributed by atoms with Crippen molar-refractivity contribution in [1.82, 2.24) is 24.6 Å². The number of aromatic nitrogens is 3. The van der Waals surface area contributed by atoms with Crippen LogP contribution in [0.2, 0.25) is 5.02 Å². The molecule has 0 bridgehead atoms. The number of hydrogen-bond donors (Lipinski definition) is 1. The number of nitrogens with one attached hydrogen (secondary N) is 1. The lowest BCUT2D eigenvalue weighted by Gasteiger charge is -2.32. The van der Waals surface area contributed by atoms with Crippen LogP contribution in [0.3, 0.4) is 0 Å². The van der Waals surface area contributed by atoms with Crippen molar-refractivity contribution in [1.29, 1.82) is 0 Å². The first-order chi connectivity index (χ1) is 14.3. The van der Waals surface area contributed by atoms with Crippen molar-refractivity contribution >= 4 is 29.7 Å². The van der Waals surface area contributed by atoms with E-state index in [4.69, 9.17) is 28.9 Å². The first kappa shape index (κ1) is 23.0. The van der Waals surface area contributed by atoms with Crippen LogP contribution < -0.4 is 5.32 Å². The summed E-state index contributed by atoms with van der Waals surface area (Å²) in [7, 11) is 0. The van der Waals surface area contributed by atoms with Crippen LogP contribution >= 0.6 is 23.8 Å². The Labute approximate surface area is 189 Å². The summed E-state index contributed by atoms with van der Waals surface area (Å²) in [4.78, 5) is 14.8. The van der Waals surface area contributed by atoms with Gasteiger partial charge in [-0.15, -0.1) is 0 Å². The largest absolute Gasteiger partial charge is 0.353 e. The lowest BCUT2D eigenvalue weighted by atomic mass is 9.95. The van der Waals surface area contributed by atoms with E-state index in [1.54, 1.807) is 0 Å². The molecule has 0 spiro atoms. The standard InChI is InChI=1S/C22H32ClN5OS/c1-5-27-20(17-6-8-19(23)9-7-17)25-28(22(27)30)14-26-12-10-18(11-13-26)21(29)24-16(4)15(2)3/h6-9,15-16,18H,5,10-14H2,1-4H3,(H,24,29). The highest BCUT2D eigenvalue weighted by atomic mass is 35.5. The molecule has 1 aliphatic heterocycles. The monoisotopic (exact) mass is 449 g/mol. The molecule has 0 aliphatic carbocycles. The zero-order valence-electron chi connectivity index (χ0n) is 18.3. The summed E-state index contributed by atoms with van der Waals surface area (Å²) in [5.41, 5.74) is 1.00. The Morgan fingerprint density at radius 1 is 1.23 bits per heavy atom. The minimum absolute atomic E-state index is 0.0910. The van der Waals surface area contributed by atoms with Crippen molar-refractivity contribution in [3.63, 3.8) is 0 Å². The van der Waals surface area contributed by atoms with Gasteiger partial charge in [0, 0.05) is 42.2 Å². The third-order valence-corrected chi connectivity index (χ3v) is 6.69. The van der Waals surface area contributed by atoms with Crippen LogP contribution in [0.4, 0.5) is 0 Å². The number of halogens is 1. The summed E-state index contributed by atoms with van der Waals surface area (Å²) in [6.45, 7) is 11.5. The quantitative estimate of drug-likeness (QED) is 0.628. The third kappa shape index (κ3) is 5.31. The van der Waals surface area contributed by atoms with Crippen molar-refractivity contribution in [2.45, 2.75) is 59.8 Å². The van der Waals surface area contributed by atoms with Crippen LogP contribution in [-0.2, 0) is 18.0 Å². The Morgan fingerprint density at radius 2 is 1.87 bits per heavy atom. The van der Waals surface area contributed by atoms with Crippen LogP contribution in [0.5, 0.6) is 0 Å². The second-order valence-electron chi connectivity index (χ2n) is 8.43. The number of nitrogens with zero attached hydrogens (tertiary/aromatic N) is 4. The van der Waals surface area contributed by atoms with E-state index in [2.05, 4.69) is 37.9 Å². The SMILES string of the molecule is CCn1c(-c2ccc(Cl)cc2)nn(CN2CCC(C(=O)NC(C)C(C)C)CC2)c1=S. The molecule has 2 heterocycles. The molecule has 30 heavy (non-hydrogen) atoms. The van der Waals surface area contributed by atoms with E-state index in [1.165, 1.54) is 0 Å². The number of piperidine rings is 1. The molecule has 2 aromatic rings. The normalized spacial score (nSPS) is 16.7. The summed E-state index contributed by atoms with van der Waals surface area (Å²) in [6, 6.07) is 7.89. The zero-order chi connectivity index (χ0) is 21.8. The summed E-state index contributed by atoms with van der Waals surface area (Å²) < 4.78 is 4.66. The Hall–Kier alpha value is -1.70. The minimum Gasteiger partial charge on any atom is -0.353 e. The molecule has 1 saturated heterocycles. The Bertz CT molecular complexity index is 913. The molecular formula is C22H32ClN5OS. The number of hydrogen-bond acceptors (Lipinski definition) is 4. The molecular weight excluding hydrogens is 418 g/mol. The Kier molecular flexibility index (Phi) is 7.71. The van der Waals surface area contributed by atoms with E-state index in [-0.39, 0.29) is 17.9 Å². The van der Waals surface area contributed by atoms with Gasteiger partial charge in [-0.2, -0.15) is 5.10 Å². The molecule has 1 amide bonds. The van der Waals surface area contributed by atoms with Gasteiger partial charge in [-0.25, -0.2) is 4.68 Å². The number of carbonyl (C=O) groups excluding carboxylic acids is 1. The maximum atomic E-state index is 12.5. The van der Waals surface area contributed by atoms with Gasteiger partial charge in [0.2, 0.25) is 5.91 Å². The van der Waals surface area contributed by atoms with Gasteiger partial charge >= 0.3 is 0 Å². The topological polar surface area (TPSA) is 55.1 Å². The number of benzene rings is 1. The average molecular weight is 450 g/mol. The smallest absolute Gasteiger partial charge is 0.223 e. The van der Waals surface area contributed by atoms with Crippen molar-refractivity contribution in [3.05, 3.63) is 34.1 Å². The van der Waals surface area contributed by atoms with Crippen molar-refractivity contribution in [2.75, 3.05) is 13.1 Å². The van der Waals surface area contributed by atoms with Crippen molar-refractivity contribution < 1.29 is 4.79 Å². The lowest BCUT2D eigenvalue weighted by molar-refractivity contribution is -0.127. The highest BCUT2D eigenvalue weighted by Crippen LogP contribution is 2.22. The number of amides is 1. The number of carbonyl (C=O) groups is 1. The number of likely N-dealkylation sites (tertiary alicyclic amines) is 1. The number of rotatable bonds is 7. The molecule has 1 aromatic carbocycles. The predicted octanol–water partition coefficient (Wildman–Crippen LogP) is 4.58. The second kappa shape index (κ2) is 10.1. The molecule has 8 heteroatoms. The molecule has 1 atom stereocenters. The van der Waals surface area contributed by atoms with Gasteiger partial charge in [0.1, 0.15) is 0 Å². The Morgan fingerprint density at radius 3 is 2.43 bits per heavy atom. The van der Waals surface area contributed by atoms with Gasteiger partial charge in [0.05, 0.1) is 6.67 Å². The molecule has 0 radical (unpaired) electrons. The molecule has 0 saturated carbocycles. The van der Waals surface area contributed by atoms with Crippen LogP contribution in [0.15, 0.2) is 24.3 Å². The predicted molar refractivity (Wildman–Crippen MR) is 124 cm³/mol. The first-order valence-corrected chi connectivity index (χ1v) is 11.5. The molecule has 1 aromatic heterocycles. The molecule has 164 valence electrons. The van der Waals surface area contributed by atoms with Gasteiger partial charge in [0.25, 0.3) is 0 Å². The fraction of sp³-hybridized carbons (Fsp3) is 0.591. The average Bonchev–Trinajstić information content (AvgIpc) is 3.04. The van der Waals surface area contributed by atoms with Crippen molar-refractivity contribution in [3.8, 4) is 11.4 Å². The summed E-state index contributed by atoms with van der Waals surface area (Å²) in [5, 5.41) is 8.66. The van der Waals surface area contributed by atoms with Crippen LogP contribution in [-0.4, -0.2) is 44.3 Å². The first-order valence-electron chi connectivity index (χ1n) is 10.8. The summed E-state index contributed by atoms with van der Waals surface area (Å²) >= 11 is 11.7. The van der Waals surface area contributed by atoms with Gasteiger partial charge in [0.15, 0.2) is 10.6 Å². The molecule has 1 aliphatic rings. The lowest BCUT2D eigenvalue weighted by Crippen LogP contribution is -2.44. The van der Waals surface area contributed by atoms with Gasteiger partial charge < -0.3 is 9.88 Å². The van der Waals surface area contributed by atoms with E-state index in [0.717, 1.165) is 43.9 Å². The van der Waals surface area contributed by atoms with Crippen LogP contribution in [0, 0.1) is 16.6 Å². The van der Waals surface area contributed by atoms with Gasteiger partial charge in [-0.3, -0.25) is 9.69 Å². The van der Waals surface area contributed by atoms with E-state index in [1.807, 2.05) is 33.5 Å². The van der Waals surface area contributed by atoms with Gasteiger partial charge in [-0.05, 0) is 69.1 Å². The molecule has 1 unspecified atom stereocenters. The third-order valence-electron chi connectivity index (χ3n) is 6.00. The maximum absolute atomic E-state index is 12.5. The fourth-order valence-electron chi connectivity index (χ4n) is 3.67. The van der Waals surface area contributed by atoms with Crippen LogP contribution in [0.25, 0.3) is 11.4 Å². The van der Waals surface area contributed by atoms with E-state index >= 15 is 0 Å². The molecule has 6 nitrogen and oxygen atoms in total. The van der Waals surface area contributed by atoms with Gasteiger partial charge in [-0.1, -0.05) is 25.4 Å².